The van der Waals surface area contributed by atoms with E-state index in [4.69, 9.17) is 14.7 Å². The second kappa shape index (κ2) is 8.05. The Morgan fingerprint density at radius 2 is 2.00 bits per heavy atom. The average molecular weight is 428 g/mol. The molecule has 1 aromatic carbocycles. The largest absolute Gasteiger partial charge is 0.480 e. The SMILES string of the molecule is COc1nc2c(cc1Nc1ncc3cccc(-c4ccc(=O)n(C)c4)c3n1)CN(C)CC2. The summed E-state index contributed by atoms with van der Waals surface area (Å²) in [5.74, 6) is 0.988. The standard InChI is InChI=1S/C24H24N6O2/c1-29-10-9-19-17(13-29)11-20(23(26-19)32-3)27-24-25-12-15-5-4-6-18(22(15)28-24)16-7-8-21(31)30(2)14-16/h4-8,11-12,14H,9-10,13H2,1-3H3,(H,25,27,28). The number of ether oxygens (including phenoxy) is 1. The highest BCUT2D eigenvalue weighted by atomic mass is 16.5. The van der Waals surface area contributed by atoms with Crippen LogP contribution in [0, 0.1) is 0 Å². The van der Waals surface area contributed by atoms with Gasteiger partial charge in [-0.3, -0.25) is 4.79 Å². The predicted octanol–water partition coefficient (Wildman–Crippen LogP) is 3.13. The highest BCUT2D eigenvalue weighted by molar-refractivity contribution is 5.93. The molecule has 4 heterocycles. The number of nitrogens with zero attached hydrogens (tertiary/aromatic N) is 5. The quantitative estimate of drug-likeness (QED) is 0.534. The molecule has 8 heteroatoms. The van der Waals surface area contributed by atoms with Crippen LogP contribution in [0.2, 0.25) is 0 Å². The van der Waals surface area contributed by atoms with E-state index in [9.17, 15) is 4.79 Å². The Balaban J connectivity index is 1.57. The molecule has 1 N–H and O–H groups in total. The molecule has 162 valence electrons. The minimum atomic E-state index is -0.0522. The molecule has 0 bridgehead atoms. The third-order valence-corrected chi connectivity index (χ3v) is 5.77. The number of rotatable bonds is 4. The van der Waals surface area contributed by atoms with Crippen molar-refractivity contribution in [2.75, 3.05) is 26.0 Å². The molecular formula is C24H24N6O2. The highest BCUT2D eigenvalue weighted by Gasteiger charge is 2.19. The number of pyridine rings is 2. The molecule has 0 fully saturated rings. The Morgan fingerprint density at radius 3 is 2.81 bits per heavy atom. The van der Waals surface area contributed by atoms with E-state index >= 15 is 0 Å². The third-order valence-electron chi connectivity index (χ3n) is 5.77. The van der Waals surface area contributed by atoms with Gasteiger partial charge in [0, 0.05) is 61.5 Å². The molecular weight excluding hydrogens is 404 g/mol. The van der Waals surface area contributed by atoms with Gasteiger partial charge in [-0.15, -0.1) is 0 Å². The van der Waals surface area contributed by atoms with Crippen molar-refractivity contribution in [1.29, 1.82) is 0 Å². The number of benzene rings is 1. The van der Waals surface area contributed by atoms with E-state index < -0.39 is 0 Å². The van der Waals surface area contributed by atoms with Crippen molar-refractivity contribution in [3.8, 4) is 17.0 Å². The maximum atomic E-state index is 11.8. The lowest BCUT2D eigenvalue weighted by atomic mass is 10.0. The Morgan fingerprint density at radius 1 is 1.12 bits per heavy atom. The molecule has 32 heavy (non-hydrogen) atoms. The van der Waals surface area contributed by atoms with Crippen LogP contribution in [0.3, 0.4) is 0 Å². The van der Waals surface area contributed by atoms with Gasteiger partial charge in [0.2, 0.25) is 17.4 Å². The van der Waals surface area contributed by atoms with Gasteiger partial charge in [-0.2, -0.15) is 0 Å². The fraction of sp³-hybridized carbons (Fsp3) is 0.250. The first-order chi connectivity index (χ1) is 15.5. The minimum Gasteiger partial charge on any atom is -0.480 e. The van der Waals surface area contributed by atoms with Crippen LogP contribution in [0.1, 0.15) is 11.3 Å². The van der Waals surface area contributed by atoms with Crippen LogP contribution in [0.5, 0.6) is 5.88 Å². The van der Waals surface area contributed by atoms with Gasteiger partial charge >= 0.3 is 0 Å². The molecule has 0 spiro atoms. The molecule has 1 aliphatic heterocycles. The van der Waals surface area contributed by atoms with Gasteiger partial charge in [0.05, 0.1) is 18.3 Å². The second-order valence-electron chi connectivity index (χ2n) is 8.07. The van der Waals surface area contributed by atoms with Gasteiger partial charge in [0.1, 0.15) is 5.69 Å². The summed E-state index contributed by atoms with van der Waals surface area (Å²) in [5.41, 5.74) is 5.58. The van der Waals surface area contributed by atoms with E-state index in [0.29, 0.717) is 11.8 Å². The summed E-state index contributed by atoms with van der Waals surface area (Å²) >= 11 is 0. The first kappa shape index (κ1) is 20.1. The van der Waals surface area contributed by atoms with Crippen LogP contribution in [0.4, 0.5) is 11.6 Å². The summed E-state index contributed by atoms with van der Waals surface area (Å²) in [4.78, 5) is 28.1. The molecule has 0 radical (unpaired) electrons. The van der Waals surface area contributed by atoms with Crippen molar-refractivity contribution in [1.82, 2.24) is 24.4 Å². The molecule has 0 unspecified atom stereocenters. The van der Waals surface area contributed by atoms with E-state index in [1.165, 1.54) is 5.56 Å². The van der Waals surface area contributed by atoms with Gasteiger partial charge < -0.3 is 19.5 Å². The summed E-state index contributed by atoms with van der Waals surface area (Å²) in [6, 6.07) is 11.4. The maximum absolute atomic E-state index is 11.8. The minimum absolute atomic E-state index is 0.0522. The Labute approximate surface area is 185 Å². The number of para-hydroxylation sites is 1. The maximum Gasteiger partial charge on any atom is 0.250 e. The molecule has 3 aromatic heterocycles. The van der Waals surface area contributed by atoms with Crippen molar-refractivity contribution in [3.05, 3.63) is 70.4 Å². The third kappa shape index (κ3) is 3.69. The molecule has 8 nitrogen and oxygen atoms in total. The normalized spacial score (nSPS) is 13.7. The number of hydrogen-bond acceptors (Lipinski definition) is 7. The van der Waals surface area contributed by atoms with E-state index in [2.05, 4.69) is 28.3 Å². The lowest BCUT2D eigenvalue weighted by Gasteiger charge is -2.25. The monoisotopic (exact) mass is 428 g/mol. The van der Waals surface area contributed by atoms with Gasteiger partial charge in [0.15, 0.2) is 0 Å². The van der Waals surface area contributed by atoms with Crippen LogP contribution in [0.25, 0.3) is 22.0 Å². The summed E-state index contributed by atoms with van der Waals surface area (Å²) in [5, 5.41) is 4.21. The first-order valence-corrected chi connectivity index (χ1v) is 10.5. The topological polar surface area (TPSA) is 85.2 Å². The predicted molar refractivity (Wildman–Crippen MR) is 124 cm³/mol. The zero-order chi connectivity index (χ0) is 22.2. The van der Waals surface area contributed by atoms with E-state index in [1.54, 1.807) is 31.0 Å². The first-order valence-electron chi connectivity index (χ1n) is 10.5. The molecule has 1 aliphatic rings. The molecule has 0 amide bonds. The van der Waals surface area contributed by atoms with Crippen molar-refractivity contribution in [3.63, 3.8) is 0 Å². The lowest BCUT2D eigenvalue weighted by Crippen LogP contribution is -2.27. The van der Waals surface area contributed by atoms with E-state index in [0.717, 1.165) is 52.9 Å². The fourth-order valence-corrected chi connectivity index (χ4v) is 4.06. The Kier molecular flexibility index (Phi) is 5.07. The van der Waals surface area contributed by atoms with E-state index in [1.807, 2.05) is 30.5 Å². The van der Waals surface area contributed by atoms with Gasteiger partial charge in [-0.05, 0) is 24.7 Å². The number of hydrogen-bond donors (Lipinski definition) is 1. The van der Waals surface area contributed by atoms with Crippen molar-refractivity contribution in [2.24, 2.45) is 7.05 Å². The summed E-state index contributed by atoms with van der Waals surface area (Å²) < 4.78 is 7.10. The number of fused-ring (bicyclic) bond motifs is 2. The van der Waals surface area contributed by atoms with Crippen LogP contribution < -0.4 is 15.6 Å². The molecule has 0 saturated heterocycles. The zero-order valence-electron chi connectivity index (χ0n) is 18.3. The fourth-order valence-electron chi connectivity index (χ4n) is 4.06. The van der Waals surface area contributed by atoms with Gasteiger partial charge in [-0.25, -0.2) is 15.0 Å². The number of methoxy groups -OCH3 is 1. The smallest absolute Gasteiger partial charge is 0.250 e. The van der Waals surface area contributed by atoms with Crippen LogP contribution >= 0.6 is 0 Å². The number of aryl methyl sites for hydroxylation is 1. The number of nitrogens with one attached hydrogen (secondary N) is 1. The van der Waals surface area contributed by atoms with Crippen molar-refractivity contribution < 1.29 is 4.74 Å². The molecule has 5 rings (SSSR count). The highest BCUT2D eigenvalue weighted by Crippen LogP contribution is 2.31. The molecule has 0 aliphatic carbocycles. The van der Waals surface area contributed by atoms with Crippen LogP contribution in [0.15, 0.2) is 53.6 Å². The molecule has 4 aromatic rings. The van der Waals surface area contributed by atoms with Crippen LogP contribution in [-0.4, -0.2) is 45.1 Å². The average Bonchev–Trinajstić information content (AvgIpc) is 2.80. The van der Waals surface area contributed by atoms with Crippen LogP contribution in [-0.2, 0) is 20.0 Å². The zero-order valence-corrected chi connectivity index (χ0v) is 18.3. The van der Waals surface area contributed by atoms with Gasteiger partial charge in [0.25, 0.3) is 0 Å². The summed E-state index contributed by atoms with van der Waals surface area (Å²) in [7, 11) is 5.47. The summed E-state index contributed by atoms with van der Waals surface area (Å²) in [6.07, 6.45) is 4.51. The van der Waals surface area contributed by atoms with Crippen molar-refractivity contribution >= 4 is 22.5 Å². The Bertz CT molecular complexity index is 1380. The summed E-state index contributed by atoms with van der Waals surface area (Å²) in [6.45, 7) is 1.83. The number of aromatic nitrogens is 4. The number of anilines is 2. The Hall–Kier alpha value is -3.78. The second-order valence-corrected chi connectivity index (χ2v) is 8.07. The lowest BCUT2D eigenvalue weighted by molar-refractivity contribution is 0.307. The van der Waals surface area contributed by atoms with Gasteiger partial charge in [-0.1, -0.05) is 18.2 Å². The molecule has 0 saturated carbocycles. The van der Waals surface area contributed by atoms with Crippen molar-refractivity contribution in [2.45, 2.75) is 13.0 Å². The molecule has 0 atom stereocenters. The van der Waals surface area contributed by atoms with E-state index in [-0.39, 0.29) is 5.56 Å². The number of likely N-dealkylation sites (N-methyl/N-ethyl adjacent to an activating group) is 1.